The maximum atomic E-state index is 10.8. The predicted molar refractivity (Wildman–Crippen MR) is 60.0 cm³/mol. The molecule has 1 aromatic rings. The van der Waals surface area contributed by atoms with Gasteiger partial charge in [-0.3, -0.25) is 20.2 Å². The Kier molecular flexibility index (Phi) is 4.36. The van der Waals surface area contributed by atoms with E-state index in [2.05, 4.69) is 0 Å². The van der Waals surface area contributed by atoms with Crippen molar-refractivity contribution in [1.29, 1.82) is 0 Å². The van der Waals surface area contributed by atoms with Crippen LogP contribution in [-0.2, 0) is 0 Å². The SMILES string of the molecule is CC[C@@H]([C@H](C[N+](=O)[O-])c1cccs1)[N+](=O)[O-]. The van der Waals surface area contributed by atoms with Crippen LogP contribution in [-0.4, -0.2) is 22.4 Å². The second-order valence-corrected chi connectivity index (χ2v) is 4.38. The fourth-order valence-electron chi connectivity index (χ4n) is 1.64. The van der Waals surface area contributed by atoms with Gasteiger partial charge < -0.3 is 0 Å². The summed E-state index contributed by atoms with van der Waals surface area (Å²) >= 11 is 1.33. The van der Waals surface area contributed by atoms with Crippen LogP contribution < -0.4 is 0 Å². The Morgan fingerprint density at radius 1 is 1.44 bits per heavy atom. The van der Waals surface area contributed by atoms with Gasteiger partial charge in [0, 0.05) is 21.1 Å². The van der Waals surface area contributed by atoms with Gasteiger partial charge in [0.1, 0.15) is 5.92 Å². The average molecular weight is 244 g/mol. The third-order valence-corrected chi connectivity index (χ3v) is 3.41. The third kappa shape index (κ3) is 2.99. The van der Waals surface area contributed by atoms with Gasteiger partial charge in [-0.15, -0.1) is 11.3 Å². The van der Waals surface area contributed by atoms with Crippen LogP contribution in [0.1, 0.15) is 24.1 Å². The Balaban J connectivity index is 2.94. The highest BCUT2D eigenvalue weighted by atomic mass is 32.1. The fourth-order valence-corrected chi connectivity index (χ4v) is 2.52. The van der Waals surface area contributed by atoms with E-state index < -0.39 is 21.8 Å². The normalized spacial score (nSPS) is 14.3. The topological polar surface area (TPSA) is 86.3 Å². The molecular weight excluding hydrogens is 232 g/mol. The van der Waals surface area contributed by atoms with Crippen molar-refractivity contribution in [3.05, 3.63) is 42.6 Å². The zero-order valence-electron chi connectivity index (χ0n) is 8.74. The van der Waals surface area contributed by atoms with Gasteiger partial charge in [-0.05, 0) is 11.4 Å². The van der Waals surface area contributed by atoms with Crippen molar-refractivity contribution in [3.63, 3.8) is 0 Å². The average Bonchev–Trinajstić information content (AvgIpc) is 2.68. The molecule has 0 fully saturated rings. The molecule has 7 heteroatoms. The number of thiophene rings is 1. The monoisotopic (exact) mass is 244 g/mol. The standard InChI is InChI=1S/C9H12N2O4S/c1-2-8(11(14)15)7(6-10(12)13)9-4-3-5-16-9/h3-5,7-8H,2,6H2,1H3/t7-,8-/m0/s1. The molecule has 88 valence electrons. The lowest BCUT2D eigenvalue weighted by molar-refractivity contribution is -0.546. The van der Waals surface area contributed by atoms with Crippen LogP contribution in [0.25, 0.3) is 0 Å². The summed E-state index contributed by atoms with van der Waals surface area (Å²) in [7, 11) is 0. The van der Waals surface area contributed by atoms with Crippen LogP contribution in [0.4, 0.5) is 0 Å². The first-order valence-corrected chi connectivity index (χ1v) is 5.73. The van der Waals surface area contributed by atoms with E-state index in [1.54, 1.807) is 24.4 Å². The lowest BCUT2D eigenvalue weighted by Gasteiger charge is -2.14. The first-order valence-electron chi connectivity index (χ1n) is 4.85. The van der Waals surface area contributed by atoms with Crippen LogP contribution in [0.3, 0.4) is 0 Å². The molecule has 0 spiro atoms. The zero-order valence-corrected chi connectivity index (χ0v) is 9.55. The molecule has 0 unspecified atom stereocenters. The molecule has 0 amide bonds. The van der Waals surface area contributed by atoms with Gasteiger partial charge in [0.05, 0.1) is 0 Å². The second kappa shape index (κ2) is 5.55. The van der Waals surface area contributed by atoms with E-state index in [4.69, 9.17) is 0 Å². The smallest absolute Gasteiger partial charge is 0.226 e. The predicted octanol–water partition coefficient (Wildman–Crippen LogP) is 2.16. The Hall–Kier alpha value is -1.50. The summed E-state index contributed by atoms with van der Waals surface area (Å²) in [6.07, 6.45) is 0.295. The van der Waals surface area contributed by atoms with Crippen LogP contribution >= 0.6 is 11.3 Å². The molecule has 1 rings (SSSR count). The molecule has 1 heterocycles. The molecule has 0 aliphatic heterocycles. The molecule has 0 aliphatic rings. The quantitative estimate of drug-likeness (QED) is 0.566. The van der Waals surface area contributed by atoms with E-state index in [0.717, 1.165) is 0 Å². The highest BCUT2D eigenvalue weighted by molar-refractivity contribution is 7.10. The van der Waals surface area contributed by atoms with Crippen molar-refractivity contribution in [2.75, 3.05) is 6.54 Å². The molecule has 2 atom stereocenters. The van der Waals surface area contributed by atoms with Crippen molar-refractivity contribution in [1.82, 2.24) is 0 Å². The molecule has 0 bridgehead atoms. The van der Waals surface area contributed by atoms with Gasteiger partial charge in [0.15, 0.2) is 0 Å². The Labute approximate surface area is 96.2 Å². The molecule has 0 radical (unpaired) electrons. The summed E-state index contributed by atoms with van der Waals surface area (Å²) in [5.41, 5.74) is 0. The molecule has 6 nitrogen and oxygen atoms in total. The number of hydrogen-bond donors (Lipinski definition) is 0. The first kappa shape index (κ1) is 12.6. The van der Waals surface area contributed by atoms with E-state index in [-0.39, 0.29) is 6.54 Å². The molecule has 0 aliphatic carbocycles. The van der Waals surface area contributed by atoms with E-state index in [1.165, 1.54) is 11.3 Å². The maximum Gasteiger partial charge on any atom is 0.226 e. The fraction of sp³-hybridized carbons (Fsp3) is 0.556. The molecule has 0 aromatic carbocycles. The number of nitro groups is 2. The summed E-state index contributed by atoms with van der Waals surface area (Å²) in [6, 6.07) is 2.58. The lowest BCUT2D eigenvalue weighted by Crippen LogP contribution is -2.31. The molecule has 1 aromatic heterocycles. The molecule has 0 N–H and O–H groups in total. The zero-order chi connectivity index (χ0) is 12.1. The number of hydrogen-bond acceptors (Lipinski definition) is 5. The van der Waals surface area contributed by atoms with Crippen LogP contribution in [0.15, 0.2) is 17.5 Å². The van der Waals surface area contributed by atoms with Gasteiger partial charge in [0.25, 0.3) is 0 Å². The number of rotatable bonds is 6. The maximum absolute atomic E-state index is 10.8. The van der Waals surface area contributed by atoms with Crippen LogP contribution in [0.5, 0.6) is 0 Å². The molecule has 16 heavy (non-hydrogen) atoms. The lowest BCUT2D eigenvalue weighted by atomic mass is 9.96. The highest BCUT2D eigenvalue weighted by Crippen LogP contribution is 2.27. The third-order valence-electron chi connectivity index (χ3n) is 2.41. The van der Waals surface area contributed by atoms with Crippen molar-refractivity contribution in [2.45, 2.75) is 25.3 Å². The van der Waals surface area contributed by atoms with Gasteiger partial charge in [-0.25, -0.2) is 0 Å². The van der Waals surface area contributed by atoms with Crippen molar-refractivity contribution in [3.8, 4) is 0 Å². The molecule has 0 saturated heterocycles. The highest BCUT2D eigenvalue weighted by Gasteiger charge is 2.35. The Morgan fingerprint density at radius 3 is 2.50 bits per heavy atom. The summed E-state index contributed by atoms with van der Waals surface area (Å²) in [6.45, 7) is 1.29. The minimum absolute atomic E-state index is 0.295. The second-order valence-electron chi connectivity index (χ2n) is 3.40. The van der Waals surface area contributed by atoms with Gasteiger partial charge in [-0.2, -0.15) is 0 Å². The van der Waals surface area contributed by atoms with Gasteiger partial charge in [0.2, 0.25) is 12.6 Å². The molecular formula is C9H12N2O4S. The van der Waals surface area contributed by atoms with E-state index in [1.807, 2.05) is 0 Å². The van der Waals surface area contributed by atoms with E-state index in [0.29, 0.717) is 11.3 Å². The molecule has 0 saturated carbocycles. The van der Waals surface area contributed by atoms with Crippen LogP contribution in [0.2, 0.25) is 0 Å². The Bertz CT molecular complexity index is 366. The first-order chi connectivity index (χ1) is 7.56. The summed E-state index contributed by atoms with van der Waals surface area (Å²) in [5, 5.41) is 23.1. The van der Waals surface area contributed by atoms with Crippen molar-refractivity contribution in [2.24, 2.45) is 0 Å². The minimum atomic E-state index is -0.885. The van der Waals surface area contributed by atoms with E-state index >= 15 is 0 Å². The summed E-state index contributed by atoms with van der Waals surface area (Å²) in [4.78, 5) is 21.2. The number of nitrogens with zero attached hydrogens (tertiary/aromatic N) is 2. The summed E-state index contributed by atoms with van der Waals surface area (Å²) in [5.74, 6) is -0.630. The van der Waals surface area contributed by atoms with Crippen molar-refractivity contribution >= 4 is 11.3 Å². The minimum Gasteiger partial charge on any atom is -0.265 e. The summed E-state index contributed by atoms with van der Waals surface area (Å²) < 4.78 is 0. The van der Waals surface area contributed by atoms with Crippen LogP contribution in [0, 0.1) is 20.2 Å². The van der Waals surface area contributed by atoms with Crippen molar-refractivity contribution < 1.29 is 9.85 Å². The largest absolute Gasteiger partial charge is 0.265 e. The Morgan fingerprint density at radius 2 is 2.12 bits per heavy atom. The van der Waals surface area contributed by atoms with Gasteiger partial charge in [-0.1, -0.05) is 13.0 Å². The van der Waals surface area contributed by atoms with E-state index in [9.17, 15) is 20.2 Å². The van der Waals surface area contributed by atoms with Gasteiger partial charge >= 0.3 is 0 Å².